The highest BCUT2D eigenvalue weighted by Gasteiger charge is 2.17. The molecule has 1 aromatic rings. The molecule has 18 heavy (non-hydrogen) atoms. The van der Waals surface area contributed by atoms with Crippen molar-refractivity contribution in [2.75, 3.05) is 11.5 Å². The molecule has 0 bridgehead atoms. The molecule has 100 valence electrons. The number of rotatable bonds is 4. The van der Waals surface area contributed by atoms with Gasteiger partial charge in [0.1, 0.15) is 5.60 Å². The smallest absolute Gasteiger partial charge is 0.316 e. The molecule has 0 spiro atoms. The van der Waals surface area contributed by atoms with Crippen LogP contribution in [-0.2, 0) is 9.53 Å². The van der Waals surface area contributed by atoms with Crippen molar-refractivity contribution >= 4 is 23.4 Å². The van der Waals surface area contributed by atoms with Crippen LogP contribution in [0.2, 0.25) is 0 Å². The molecular weight excluding hydrogens is 246 g/mol. The second-order valence-corrected chi connectivity index (χ2v) is 6.54. The third-order valence-electron chi connectivity index (χ3n) is 2.28. The van der Waals surface area contributed by atoms with E-state index in [-0.39, 0.29) is 11.2 Å². The molecule has 1 atom stereocenters. The molecule has 0 aliphatic heterocycles. The van der Waals surface area contributed by atoms with Crippen molar-refractivity contribution in [2.24, 2.45) is 0 Å². The van der Waals surface area contributed by atoms with Gasteiger partial charge >= 0.3 is 5.97 Å². The average Bonchev–Trinajstić information content (AvgIpc) is 2.24. The molecule has 0 heterocycles. The Kier molecular flexibility index (Phi) is 5.08. The van der Waals surface area contributed by atoms with E-state index in [2.05, 4.69) is 6.92 Å². The number of esters is 1. The molecule has 3 nitrogen and oxygen atoms in total. The summed E-state index contributed by atoms with van der Waals surface area (Å²) in [5.41, 5.74) is 7.14. The Balaban J connectivity index is 2.44. The number of nitrogens with two attached hydrogens (primary N) is 1. The fourth-order valence-electron chi connectivity index (χ4n) is 1.43. The molecule has 4 heteroatoms. The minimum absolute atomic E-state index is 0.171. The molecule has 0 fully saturated rings. The van der Waals surface area contributed by atoms with Crippen molar-refractivity contribution in [3.63, 3.8) is 0 Å². The standard InChI is InChI=1S/C14H21NO2S/c1-10(11-5-7-12(15)8-6-11)18-9-13(16)17-14(2,3)4/h5-8,10H,9,15H2,1-4H3. The van der Waals surface area contributed by atoms with Crippen molar-refractivity contribution in [1.82, 2.24) is 0 Å². The third kappa shape index (κ3) is 5.45. The SMILES string of the molecule is CC(SCC(=O)OC(C)(C)C)c1ccc(N)cc1. The van der Waals surface area contributed by atoms with Crippen molar-refractivity contribution in [3.8, 4) is 0 Å². The third-order valence-corrected chi connectivity index (χ3v) is 3.45. The van der Waals surface area contributed by atoms with E-state index in [9.17, 15) is 4.79 Å². The van der Waals surface area contributed by atoms with Gasteiger partial charge in [-0.1, -0.05) is 12.1 Å². The maximum absolute atomic E-state index is 11.6. The molecule has 0 saturated carbocycles. The number of nitrogen functional groups attached to an aromatic ring is 1. The number of hydrogen-bond donors (Lipinski definition) is 1. The van der Waals surface area contributed by atoms with Crippen LogP contribution in [0.4, 0.5) is 5.69 Å². The van der Waals surface area contributed by atoms with Crippen molar-refractivity contribution in [1.29, 1.82) is 0 Å². The lowest BCUT2D eigenvalue weighted by atomic mass is 10.1. The van der Waals surface area contributed by atoms with Gasteiger partial charge in [0.2, 0.25) is 0 Å². The van der Waals surface area contributed by atoms with Gasteiger partial charge in [-0.15, -0.1) is 11.8 Å². The van der Waals surface area contributed by atoms with Crippen LogP contribution in [0.3, 0.4) is 0 Å². The Morgan fingerprint density at radius 1 is 1.33 bits per heavy atom. The van der Waals surface area contributed by atoms with Gasteiger partial charge in [0.15, 0.2) is 0 Å². The van der Waals surface area contributed by atoms with Gasteiger partial charge in [-0.3, -0.25) is 4.79 Å². The molecule has 0 aliphatic carbocycles. The van der Waals surface area contributed by atoms with Crippen LogP contribution in [-0.4, -0.2) is 17.3 Å². The topological polar surface area (TPSA) is 52.3 Å². The Labute approximate surface area is 113 Å². The first kappa shape index (κ1) is 14.9. The zero-order valence-corrected chi connectivity index (χ0v) is 12.2. The first-order chi connectivity index (χ1) is 8.28. The van der Waals surface area contributed by atoms with Crippen LogP contribution in [0, 0.1) is 0 Å². The summed E-state index contributed by atoms with van der Waals surface area (Å²) in [7, 11) is 0. The van der Waals surface area contributed by atoms with E-state index in [4.69, 9.17) is 10.5 Å². The molecule has 1 aromatic carbocycles. The summed E-state index contributed by atoms with van der Waals surface area (Å²) in [6.45, 7) is 7.69. The Morgan fingerprint density at radius 2 is 1.89 bits per heavy atom. The highest BCUT2D eigenvalue weighted by Crippen LogP contribution is 2.28. The van der Waals surface area contributed by atoms with E-state index >= 15 is 0 Å². The van der Waals surface area contributed by atoms with Crippen LogP contribution in [0.1, 0.15) is 38.5 Å². The Bertz CT molecular complexity index is 395. The molecule has 2 N–H and O–H groups in total. The van der Waals surface area contributed by atoms with E-state index < -0.39 is 5.60 Å². The first-order valence-corrected chi connectivity index (χ1v) is 7.02. The molecule has 0 aliphatic rings. The summed E-state index contributed by atoms with van der Waals surface area (Å²) in [6, 6.07) is 7.73. The van der Waals surface area contributed by atoms with Gasteiger partial charge in [-0.2, -0.15) is 0 Å². The number of ether oxygens (including phenoxy) is 1. The summed E-state index contributed by atoms with van der Waals surface area (Å²) in [5.74, 6) is 0.192. The summed E-state index contributed by atoms with van der Waals surface area (Å²) < 4.78 is 5.26. The van der Waals surface area contributed by atoms with Crippen LogP contribution in [0.5, 0.6) is 0 Å². The van der Waals surface area contributed by atoms with Gasteiger partial charge < -0.3 is 10.5 Å². The molecule has 0 aromatic heterocycles. The quantitative estimate of drug-likeness (QED) is 0.671. The Morgan fingerprint density at radius 3 is 2.39 bits per heavy atom. The second kappa shape index (κ2) is 6.14. The fraction of sp³-hybridized carbons (Fsp3) is 0.500. The summed E-state index contributed by atoms with van der Waals surface area (Å²) in [5, 5.41) is 0.248. The molecular formula is C14H21NO2S. The highest BCUT2D eigenvalue weighted by atomic mass is 32.2. The lowest BCUT2D eigenvalue weighted by Gasteiger charge is -2.20. The van der Waals surface area contributed by atoms with Crippen molar-refractivity contribution in [3.05, 3.63) is 29.8 Å². The van der Waals surface area contributed by atoms with E-state index in [0.29, 0.717) is 5.75 Å². The summed E-state index contributed by atoms with van der Waals surface area (Å²) in [4.78, 5) is 11.6. The van der Waals surface area contributed by atoms with Crippen LogP contribution in [0.15, 0.2) is 24.3 Å². The highest BCUT2D eigenvalue weighted by molar-refractivity contribution is 8.00. The predicted molar refractivity (Wildman–Crippen MR) is 77.6 cm³/mol. The minimum atomic E-state index is -0.415. The molecule has 1 rings (SSSR count). The number of carbonyl (C=O) groups excluding carboxylic acids is 1. The van der Waals surface area contributed by atoms with E-state index in [1.54, 1.807) is 11.8 Å². The average molecular weight is 267 g/mol. The fourth-order valence-corrected chi connectivity index (χ4v) is 2.22. The van der Waals surface area contributed by atoms with Gasteiger partial charge in [-0.25, -0.2) is 0 Å². The zero-order valence-electron chi connectivity index (χ0n) is 11.4. The molecule has 0 saturated heterocycles. The van der Waals surface area contributed by atoms with E-state index in [1.165, 1.54) is 0 Å². The number of anilines is 1. The number of thioether (sulfide) groups is 1. The minimum Gasteiger partial charge on any atom is -0.459 e. The maximum Gasteiger partial charge on any atom is 0.316 e. The second-order valence-electron chi connectivity index (χ2n) is 5.21. The monoisotopic (exact) mass is 267 g/mol. The first-order valence-electron chi connectivity index (χ1n) is 5.97. The normalized spacial score (nSPS) is 13.1. The van der Waals surface area contributed by atoms with E-state index in [0.717, 1.165) is 11.3 Å². The van der Waals surface area contributed by atoms with Gasteiger partial charge in [0.05, 0.1) is 5.75 Å². The maximum atomic E-state index is 11.6. The number of hydrogen-bond acceptors (Lipinski definition) is 4. The lowest BCUT2D eigenvalue weighted by molar-refractivity contribution is -0.151. The van der Waals surface area contributed by atoms with Gasteiger partial charge in [0, 0.05) is 10.9 Å². The molecule has 1 unspecified atom stereocenters. The lowest BCUT2D eigenvalue weighted by Crippen LogP contribution is -2.25. The largest absolute Gasteiger partial charge is 0.459 e. The number of benzene rings is 1. The summed E-state index contributed by atoms with van der Waals surface area (Å²) >= 11 is 1.57. The van der Waals surface area contributed by atoms with E-state index in [1.807, 2.05) is 45.0 Å². The van der Waals surface area contributed by atoms with Gasteiger partial charge in [0.25, 0.3) is 0 Å². The van der Waals surface area contributed by atoms with Crippen molar-refractivity contribution < 1.29 is 9.53 Å². The number of carbonyl (C=O) groups is 1. The van der Waals surface area contributed by atoms with Crippen LogP contribution >= 0.6 is 11.8 Å². The van der Waals surface area contributed by atoms with Gasteiger partial charge in [-0.05, 0) is 45.4 Å². The summed E-state index contributed by atoms with van der Waals surface area (Å²) in [6.07, 6.45) is 0. The molecule has 0 amide bonds. The predicted octanol–water partition coefficient (Wildman–Crippen LogP) is 3.40. The van der Waals surface area contributed by atoms with Crippen molar-refractivity contribution in [2.45, 2.75) is 38.5 Å². The zero-order chi connectivity index (χ0) is 13.8. The molecule has 0 radical (unpaired) electrons. The Hall–Kier alpha value is -1.16. The van der Waals surface area contributed by atoms with Crippen LogP contribution in [0.25, 0.3) is 0 Å². The van der Waals surface area contributed by atoms with Crippen LogP contribution < -0.4 is 5.73 Å².